The standard InChI is InChI=1S/C16H22N4O3S2/c1-18-16(19-10-9-12-3-5-13(23-2)6-4-12)20-11-14-7-8-15(24-14)25(17,21)22/h3-8H,9-11H2,1-2H3,(H2,17,21,22)(H2,18,19,20). The van der Waals surface area contributed by atoms with Crippen molar-refractivity contribution in [1.29, 1.82) is 0 Å². The molecule has 7 nitrogen and oxygen atoms in total. The van der Waals surface area contributed by atoms with Crippen molar-refractivity contribution < 1.29 is 13.2 Å². The van der Waals surface area contributed by atoms with Gasteiger partial charge in [-0.1, -0.05) is 12.1 Å². The second kappa shape index (κ2) is 8.84. The fraction of sp³-hybridized carbons (Fsp3) is 0.312. The monoisotopic (exact) mass is 382 g/mol. The van der Waals surface area contributed by atoms with Gasteiger partial charge in [0.15, 0.2) is 5.96 Å². The van der Waals surface area contributed by atoms with Crippen LogP contribution in [0.4, 0.5) is 0 Å². The van der Waals surface area contributed by atoms with Crippen LogP contribution in [0.25, 0.3) is 0 Å². The molecule has 1 heterocycles. The van der Waals surface area contributed by atoms with Gasteiger partial charge >= 0.3 is 0 Å². The van der Waals surface area contributed by atoms with Crippen LogP contribution in [-0.4, -0.2) is 35.1 Å². The molecule has 2 aromatic rings. The average molecular weight is 383 g/mol. The zero-order valence-electron chi connectivity index (χ0n) is 14.2. The van der Waals surface area contributed by atoms with Crippen molar-refractivity contribution in [2.75, 3.05) is 20.7 Å². The molecule has 0 atom stereocenters. The first-order valence-electron chi connectivity index (χ1n) is 7.61. The SMILES string of the molecule is CN=C(NCCc1ccc(OC)cc1)NCc1ccc(S(N)(=O)=O)s1. The number of rotatable bonds is 7. The third-order valence-electron chi connectivity index (χ3n) is 3.44. The van der Waals surface area contributed by atoms with Gasteiger partial charge in [-0.25, -0.2) is 13.6 Å². The Morgan fingerprint density at radius 2 is 1.92 bits per heavy atom. The first kappa shape index (κ1) is 19.2. The Morgan fingerprint density at radius 1 is 1.20 bits per heavy atom. The molecule has 136 valence electrons. The maximum absolute atomic E-state index is 11.3. The molecule has 0 aliphatic carbocycles. The van der Waals surface area contributed by atoms with Gasteiger partial charge in [-0.2, -0.15) is 0 Å². The van der Waals surface area contributed by atoms with Crippen LogP contribution in [0.15, 0.2) is 45.6 Å². The summed E-state index contributed by atoms with van der Waals surface area (Å²) in [6.07, 6.45) is 0.846. The van der Waals surface area contributed by atoms with Crippen molar-refractivity contribution in [1.82, 2.24) is 10.6 Å². The molecule has 0 amide bonds. The van der Waals surface area contributed by atoms with E-state index in [1.807, 2.05) is 24.3 Å². The lowest BCUT2D eigenvalue weighted by Crippen LogP contribution is -2.37. The summed E-state index contributed by atoms with van der Waals surface area (Å²) >= 11 is 1.15. The van der Waals surface area contributed by atoms with Crippen LogP contribution in [0.3, 0.4) is 0 Å². The lowest BCUT2D eigenvalue weighted by Gasteiger charge is -2.11. The van der Waals surface area contributed by atoms with Crippen LogP contribution in [0.5, 0.6) is 5.75 Å². The van der Waals surface area contributed by atoms with E-state index in [-0.39, 0.29) is 4.21 Å². The fourth-order valence-electron chi connectivity index (χ4n) is 2.12. The van der Waals surface area contributed by atoms with Crippen molar-refractivity contribution in [3.05, 3.63) is 46.8 Å². The average Bonchev–Trinajstić information content (AvgIpc) is 3.08. The van der Waals surface area contributed by atoms with Gasteiger partial charge in [-0.05, 0) is 36.2 Å². The van der Waals surface area contributed by atoms with Crippen molar-refractivity contribution in [3.8, 4) is 5.75 Å². The molecule has 0 saturated carbocycles. The van der Waals surface area contributed by atoms with Crippen molar-refractivity contribution in [2.24, 2.45) is 10.1 Å². The minimum Gasteiger partial charge on any atom is -0.497 e. The predicted octanol–water partition coefficient (Wildman–Crippen LogP) is 1.31. The van der Waals surface area contributed by atoms with Crippen molar-refractivity contribution in [2.45, 2.75) is 17.2 Å². The van der Waals surface area contributed by atoms with Crippen LogP contribution in [0.2, 0.25) is 0 Å². The van der Waals surface area contributed by atoms with Gasteiger partial charge in [0.1, 0.15) is 9.96 Å². The number of nitrogens with zero attached hydrogens (tertiary/aromatic N) is 1. The zero-order valence-corrected chi connectivity index (χ0v) is 15.8. The van der Waals surface area contributed by atoms with Gasteiger partial charge in [-0.15, -0.1) is 11.3 Å². The number of ether oxygens (including phenoxy) is 1. The Hall–Kier alpha value is -2.10. The number of hydrogen-bond acceptors (Lipinski definition) is 5. The molecule has 9 heteroatoms. The van der Waals surface area contributed by atoms with Crippen LogP contribution < -0.4 is 20.5 Å². The summed E-state index contributed by atoms with van der Waals surface area (Å²) in [6.45, 7) is 1.20. The van der Waals surface area contributed by atoms with Crippen LogP contribution in [-0.2, 0) is 23.0 Å². The van der Waals surface area contributed by atoms with E-state index >= 15 is 0 Å². The third kappa shape index (κ3) is 6.04. The summed E-state index contributed by atoms with van der Waals surface area (Å²) in [6, 6.07) is 11.2. The Morgan fingerprint density at radius 3 is 2.48 bits per heavy atom. The highest BCUT2D eigenvalue weighted by Gasteiger charge is 2.11. The van der Waals surface area contributed by atoms with E-state index in [9.17, 15) is 8.42 Å². The van der Waals surface area contributed by atoms with Crippen LogP contribution in [0, 0.1) is 0 Å². The molecule has 0 saturated heterocycles. The number of hydrogen-bond donors (Lipinski definition) is 3. The summed E-state index contributed by atoms with van der Waals surface area (Å²) in [5.41, 5.74) is 1.19. The Labute approximate surface area is 152 Å². The molecular formula is C16H22N4O3S2. The lowest BCUT2D eigenvalue weighted by atomic mass is 10.1. The quantitative estimate of drug-likeness (QED) is 0.495. The summed E-state index contributed by atoms with van der Waals surface area (Å²) in [5.74, 6) is 1.49. The summed E-state index contributed by atoms with van der Waals surface area (Å²) < 4.78 is 27.9. The van der Waals surface area contributed by atoms with Crippen LogP contribution in [0.1, 0.15) is 10.4 Å². The maximum atomic E-state index is 11.3. The number of aliphatic imine (C=N–C) groups is 1. The van der Waals surface area contributed by atoms with E-state index in [0.717, 1.165) is 34.9 Å². The minimum atomic E-state index is -3.64. The smallest absolute Gasteiger partial charge is 0.247 e. The molecule has 0 radical (unpaired) electrons. The van der Waals surface area contributed by atoms with E-state index in [2.05, 4.69) is 15.6 Å². The number of methoxy groups -OCH3 is 1. The Kier molecular flexibility index (Phi) is 6.80. The first-order valence-corrected chi connectivity index (χ1v) is 9.97. The fourth-order valence-corrected chi connectivity index (χ4v) is 3.83. The molecule has 0 bridgehead atoms. The lowest BCUT2D eigenvalue weighted by molar-refractivity contribution is 0.414. The number of nitrogens with two attached hydrogens (primary N) is 1. The normalized spacial score (nSPS) is 12.0. The molecule has 1 aromatic heterocycles. The summed E-state index contributed by atoms with van der Waals surface area (Å²) in [7, 11) is -0.308. The number of thiophene rings is 1. The number of sulfonamides is 1. The molecule has 0 spiro atoms. The van der Waals surface area contributed by atoms with Gasteiger partial charge in [-0.3, -0.25) is 4.99 Å². The van der Waals surface area contributed by atoms with Crippen molar-refractivity contribution >= 4 is 27.3 Å². The number of primary sulfonamides is 1. The van der Waals surface area contributed by atoms with Gasteiger partial charge in [0.2, 0.25) is 10.0 Å². The molecule has 4 N–H and O–H groups in total. The molecule has 25 heavy (non-hydrogen) atoms. The highest BCUT2D eigenvalue weighted by molar-refractivity contribution is 7.91. The molecule has 0 unspecified atom stereocenters. The topological polar surface area (TPSA) is 106 Å². The number of nitrogens with one attached hydrogen (secondary N) is 2. The van der Waals surface area contributed by atoms with E-state index in [4.69, 9.17) is 9.88 Å². The van der Waals surface area contributed by atoms with Gasteiger partial charge in [0.25, 0.3) is 0 Å². The van der Waals surface area contributed by atoms with E-state index in [0.29, 0.717) is 12.5 Å². The molecule has 2 rings (SSSR count). The van der Waals surface area contributed by atoms with Gasteiger partial charge in [0.05, 0.1) is 13.7 Å². The minimum absolute atomic E-state index is 0.159. The second-order valence-corrected chi connectivity index (χ2v) is 8.17. The van der Waals surface area contributed by atoms with Crippen molar-refractivity contribution in [3.63, 3.8) is 0 Å². The molecule has 0 aliphatic heterocycles. The third-order valence-corrected chi connectivity index (χ3v) is 5.96. The largest absolute Gasteiger partial charge is 0.497 e. The van der Waals surface area contributed by atoms with E-state index in [1.54, 1.807) is 20.2 Å². The molecule has 0 fully saturated rings. The van der Waals surface area contributed by atoms with E-state index in [1.165, 1.54) is 11.6 Å². The summed E-state index contributed by atoms with van der Waals surface area (Å²) in [5, 5.41) is 11.5. The Balaban J connectivity index is 1.79. The van der Waals surface area contributed by atoms with E-state index < -0.39 is 10.0 Å². The summed E-state index contributed by atoms with van der Waals surface area (Å²) in [4.78, 5) is 5.02. The zero-order chi connectivity index (χ0) is 18.3. The molecule has 1 aromatic carbocycles. The van der Waals surface area contributed by atoms with Gasteiger partial charge < -0.3 is 15.4 Å². The number of guanidine groups is 1. The van der Waals surface area contributed by atoms with Crippen LogP contribution >= 0.6 is 11.3 Å². The Bertz CT molecular complexity index is 814. The maximum Gasteiger partial charge on any atom is 0.247 e. The first-order chi connectivity index (χ1) is 11.9. The molecular weight excluding hydrogens is 360 g/mol. The highest BCUT2D eigenvalue weighted by Crippen LogP contribution is 2.19. The molecule has 0 aliphatic rings. The second-order valence-electron chi connectivity index (χ2n) is 5.22. The van der Waals surface area contributed by atoms with Gasteiger partial charge in [0, 0.05) is 18.5 Å². The number of benzene rings is 1. The highest BCUT2D eigenvalue weighted by atomic mass is 32.2. The predicted molar refractivity (Wildman–Crippen MR) is 101 cm³/mol.